The van der Waals surface area contributed by atoms with Gasteiger partial charge in [0.1, 0.15) is 11.5 Å². The van der Waals surface area contributed by atoms with Gasteiger partial charge in [-0.1, -0.05) is 12.1 Å². The van der Waals surface area contributed by atoms with Crippen molar-refractivity contribution < 1.29 is 17.9 Å². The quantitative estimate of drug-likeness (QED) is 0.825. The van der Waals surface area contributed by atoms with E-state index in [0.717, 1.165) is 0 Å². The van der Waals surface area contributed by atoms with Crippen molar-refractivity contribution >= 4 is 21.4 Å². The molecule has 3 N–H and O–H groups in total. The molecule has 0 saturated carbocycles. The zero-order valence-corrected chi connectivity index (χ0v) is 12.5. The molecular formula is C14H16N2O4S. The summed E-state index contributed by atoms with van der Waals surface area (Å²) >= 11 is 0. The van der Waals surface area contributed by atoms with Gasteiger partial charge >= 0.3 is 0 Å². The van der Waals surface area contributed by atoms with Crippen molar-refractivity contribution in [2.75, 3.05) is 24.7 Å². The number of para-hydroxylation sites is 2. The Hall–Kier alpha value is -2.41. The lowest BCUT2D eigenvalue weighted by Gasteiger charge is -2.12. The summed E-state index contributed by atoms with van der Waals surface area (Å²) in [5, 5.41) is 0. The van der Waals surface area contributed by atoms with Crippen LogP contribution in [-0.2, 0) is 10.0 Å². The number of methoxy groups -OCH3 is 2. The number of anilines is 2. The molecule has 0 aliphatic carbocycles. The van der Waals surface area contributed by atoms with Gasteiger partial charge < -0.3 is 15.2 Å². The van der Waals surface area contributed by atoms with Crippen LogP contribution >= 0.6 is 0 Å². The monoisotopic (exact) mass is 308 g/mol. The highest BCUT2D eigenvalue weighted by atomic mass is 32.2. The van der Waals surface area contributed by atoms with E-state index >= 15 is 0 Å². The van der Waals surface area contributed by atoms with E-state index in [1.165, 1.54) is 32.4 Å². The van der Waals surface area contributed by atoms with Gasteiger partial charge in [-0.2, -0.15) is 0 Å². The first-order valence-electron chi connectivity index (χ1n) is 6.07. The van der Waals surface area contributed by atoms with Gasteiger partial charge in [-0.05, 0) is 30.3 Å². The molecule has 0 atom stereocenters. The third kappa shape index (κ3) is 3.19. The van der Waals surface area contributed by atoms with Gasteiger partial charge in [0.15, 0.2) is 0 Å². The summed E-state index contributed by atoms with van der Waals surface area (Å²) in [4.78, 5) is 0.0479. The number of rotatable bonds is 5. The van der Waals surface area contributed by atoms with E-state index in [1.807, 2.05) is 0 Å². The van der Waals surface area contributed by atoms with Crippen molar-refractivity contribution in [1.29, 1.82) is 0 Å². The molecule has 2 aromatic rings. The Morgan fingerprint density at radius 2 is 1.67 bits per heavy atom. The molecule has 0 bridgehead atoms. The number of hydrogen-bond acceptors (Lipinski definition) is 5. The Bertz CT molecular complexity index is 744. The Morgan fingerprint density at radius 1 is 1.00 bits per heavy atom. The van der Waals surface area contributed by atoms with Crippen LogP contribution < -0.4 is 19.9 Å². The van der Waals surface area contributed by atoms with E-state index < -0.39 is 10.0 Å². The molecule has 7 heteroatoms. The number of ether oxygens (including phenoxy) is 2. The minimum Gasteiger partial charge on any atom is -0.495 e. The van der Waals surface area contributed by atoms with Crippen LogP contribution in [0.1, 0.15) is 0 Å². The van der Waals surface area contributed by atoms with Crippen LogP contribution in [0.15, 0.2) is 47.4 Å². The van der Waals surface area contributed by atoms with Gasteiger partial charge in [-0.15, -0.1) is 0 Å². The van der Waals surface area contributed by atoms with Gasteiger partial charge in [0.05, 0.1) is 30.5 Å². The lowest BCUT2D eigenvalue weighted by Crippen LogP contribution is -2.14. The van der Waals surface area contributed by atoms with Crippen molar-refractivity contribution in [3.8, 4) is 11.5 Å². The largest absolute Gasteiger partial charge is 0.495 e. The lowest BCUT2D eigenvalue weighted by molar-refractivity contribution is 0.416. The summed E-state index contributed by atoms with van der Waals surface area (Å²) in [7, 11) is -0.823. The molecule has 0 aromatic heterocycles. The van der Waals surface area contributed by atoms with Crippen molar-refractivity contribution in [3.63, 3.8) is 0 Å². The van der Waals surface area contributed by atoms with E-state index in [0.29, 0.717) is 17.2 Å². The second-order valence-electron chi connectivity index (χ2n) is 4.21. The molecule has 6 nitrogen and oxygen atoms in total. The molecule has 0 heterocycles. The van der Waals surface area contributed by atoms with Crippen molar-refractivity contribution in [2.24, 2.45) is 0 Å². The summed E-state index contributed by atoms with van der Waals surface area (Å²) in [6.07, 6.45) is 0. The highest BCUT2D eigenvalue weighted by Gasteiger charge is 2.17. The Kier molecular flexibility index (Phi) is 4.23. The van der Waals surface area contributed by atoms with Gasteiger partial charge in [-0.25, -0.2) is 8.42 Å². The number of benzene rings is 2. The molecule has 0 spiro atoms. The molecule has 0 aliphatic heterocycles. The minimum atomic E-state index is -3.76. The minimum absolute atomic E-state index is 0.0479. The Morgan fingerprint density at radius 3 is 2.29 bits per heavy atom. The fraction of sp³-hybridized carbons (Fsp3) is 0.143. The lowest BCUT2D eigenvalue weighted by atomic mass is 10.3. The first-order chi connectivity index (χ1) is 9.97. The number of nitrogen functional groups attached to an aromatic ring is 1. The van der Waals surface area contributed by atoms with E-state index in [4.69, 9.17) is 15.2 Å². The molecule has 0 radical (unpaired) electrons. The third-order valence-corrected chi connectivity index (χ3v) is 4.23. The zero-order valence-electron chi connectivity index (χ0n) is 11.7. The maximum Gasteiger partial charge on any atom is 0.262 e. The van der Waals surface area contributed by atoms with Gasteiger partial charge in [-0.3, -0.25) is 4.72 Å². The van der Waals surface area contributed by atoms with E-state index in [-0.39, 0.29) is 10.6 Å². The third-order valence-electron chi connectivity index (χ3n) is 2.86. The van der Waals surface area contributed by atoms with Crippen LogP contribution in [0.4, 0.5) is 11.4 Å². The zero-order chi connectivity index (χ0) is 15.5. The maximum atomic E-state index is 12.4. The molecule has 2 rings (SSSR count). The summed E-state index contributed by atoms with van der Waals surface area (Å²) in [6.45, 7) is 0. The molecule has 0 saturated heterocycles. The van der Waals surface area contributed by atoms with Crippen molar-refractivity contribution in [1.82, 2.24) is 0 Å². The molecule has 0 amide bonds. The van der Waals surface area contributed by atoms with Gasteiger partial charge in [0, 0.05) is 0 Å². The van der Waals surface area contributed by atoms with E-state index in [2.05, 4.69) is 4.72 Å². The van der Waals surface area contributed by atoms with Crippen LogP contribution in [0.5, 0.6) is 11.5 Å². The highest BCUT2D eigenvalue weighted by Crippen LogP contribution is 2.28. The second-order valence-corrected chi connectivity index (χ2v) is 5.89. The van der Waals surface area contributed by atoms with Crippen molar-refractivity contribution in [2.45, 2.75) is 4.90 Å². The molecule has 21 heavy (non-hydrogen) atoms. The average Bonchev–Trinajstić information content (AvgIpc) is 2.47. The van der Waals surface area contributed by atoms with Crippen LogP contribution in [0.3, 0.4) is 0 Å². The van der Waals surface area contributed by atoms with Crippen LogP contribution in [0.2, 0.25) is 0 Å². The Labute approximate surface area is 123 Å². The second kappa shape index (κ2) is 5.92. The predicted octanol–water partition coefficient (Wildman–Crippen LogP) is 2.09. The molecule has 0 fully saturated rings. The highest BCUT2D eigenvalue weighted by molar-refractivity contribution is 7.92. The molecule has 2 aromatic carbocycles. The topological polar surface area (TPSA) is 90.7 Å². The number of nitrogens with one attached hydrogen (secondary N) is 1. The Balaban J connectivity index is 2.36. The fourth-order valence-corrected chi connectivity index (χ4v) is 2.92. The van der Waals surface area contributed by atoms with Crippen LogP contribution in [0.25, 0.3) is 0 Å². The smallest absolute Gasteiger partial charge is 0.262 e. The van der Waals surface area contributed by atoms with E-state index in [9.17, 15) is 8.42 Å². The molecule has 112 valence electrons. The molecular weight excluding hydrogens is 292 g/mol. The summed E-state index contributed by atoms with van der Waals surface area (Å²) < 4.78 is 37.3. The van der Waals surface area contributed by atoms with Crippen LogP contribution in [0, 0.1) is 0 Å². The molecule has 0 aliphatic rings. The number of hydrogen-bond donors (Lipinski definition) is 2. The maximum absolute atomic E-state index is 12.4. The van der Waals surface area contributed by atoms with Gasteiger partial charge in [0.2, 0.25) is 0 Å². The number of nitrogens with two attached hydrogens (primary N) is 1. The molecule has 0 unspecified atom stereocenters. The summed E-state index contributed by atoms with van der Waals surface area (Å²) in [6, 6.07) is 11.0. The average molecular weight is 308 g/mol. The summed E-state index contributed by atoms with van der Waals surface area (Å²) in [5.41, 5.74) is 6.34. The van der Waals surface area contributed by atoms with Crippen molar-refractivity contribution in [3.05, 3.63) is 42.5 Å². The SMILES string of the molecule is COc1ccc(S(=O)(=O)Nc2ccccc2OC)cc1N. The van der Waals surface area contributed by atoms with E-state index in [1.54, 1.807) is 24.3 Å². The standard InChI is InChI=1S/C14H16N2O4S/c1-19-13-8-7-10(9-11(13)15)21(17,18)16-12-5-3-4-6-14(12)20-2/h3-9,16H,15H2,1-2H3. The number of sulfonamides is 1. The van der Waals surface area contributed by atoms with Crippen LogP contribution in [-0.4, -0.2) is 22.6 Å². The normalized spacial score (nSPS) is 11.0. The predicted molar refractivity (Wildman–Crippen MR) is 81.2 cm³/mol. The first-order valence-corrected chi connectivity index (χ1v) is 7.55. The first kappa shape index (κ1) is 15.0. The summed E-state index contributed by atoms with van der Waals surface area (Å²) in [5.74, 6) is 0.855. The fourth-order valence-electron chi connectivity index (χ4n) is 1.81. The van der Waals surface area contributed by atoms with Gasteiger partial charge in [0.25, 0.3) is 10.0 Å².